The molecule has 0 bridgehead atoms. The number of carbonyl (C=O) groups excluding carboxylic acids is 2. The third-order valence-corrected chi connectivity index (χ3v) is 3.18. The van der Waals surface area contributed by atoms with Crippen molar-refractivity contribution >= 4 is 29.2 Å². The number of hydrogen-bond acceptors (Lipinski definition) is 3. The molecule has 2 aromatic rings. The van der Waals surface area contributed by atoms with Crippen LogP contribution in [-0.2, 0) is 9.53 Å². The normalized spacial score (nSPS) is 10.0. The number of aryl methyl sites for hydroxylation is 1. The maximum Gasteiger partial charge on any atom is 0.338 e. The third-order valence-electron chi connectivity index (χ3n) is 2.85. The number of nitrogens with one attached hydrogen (secondary N) is 1. The number of ether oxygens (including phenoxy) is 1. The molecule has 4 nitrogen and oxygen atoms in total. The fourth-order valence-electron chi connectivity index (χ4n) is 1.76. The summed E-state index contributed by atoms with van der Waals surface area (Å²) in [5.41, 5.74) is 1.73. The van der Waals surface area contributed by atoms with Gasteiger partial charge in [-0.05, 0) is 30.7 Å². The molecule has 0 saturated carbocycles. The summed E-state index contributed by atoms with van der Waals surface area (Å²) in [6.07, 6.45) is 0. The lowest BCUT2D eigenvalue weighted by molar-refractivity contribution is -0.119. The minimum atomic E-state index is -0.526. The molecule has 108 valence electrons. The molecule has 0 radical (unpaired) electrons. The number of esters is 1. The molecule has 21 heavy (non-hydrogen) atoms. The molecule has 0 atom stereocenters. The van der Waals surface area contributed by atoms with E-state index < -0.39 is 11.9 Å². The molecule has 0 fully saturated rings. The maximum absolute atomic E-state index is 11.9. The molecule has 0 heterocycles. The summed E-state index contributed by atoms with van der Waals surface area (Å²) in [6.45, 7) is 1.44. The van der Waals surface area contributed by atoms with Crippen LogP contribution in [0.3, 0.4) is 0 Å². The van der Waals surface area contributed by atoms with Gasteiger partial charge in [0.05, 0.1) is 16.3 Å². The average Bonchev–Trinajstić information content (AvgIpc) is 2.48. The van der Waals surface area contributed by atoms with Gasteiger partial charge in [0.1, 0.15) is 0 Å². The summed E-state index contributed by atoms with van der Waals surface area (Å²) in [5, 5.41) is 3.01. The Morgan fingerprint density at radius 1 is 1.10 bits per heavy atom. The van der Waals surface area contributed by atoms with E-state index in [1.165, 1.54) is 0 Å². The van der Waals surface area contributed by atoms with Crippen LogP contribution in [0.15, 0.2) is 48.5 Å². The number of hydrogen-bond donors (Lipinski definition) is 1. The van der Waals surface area contributed by atoms with Gasteiger partial charge >= 0.3 is 5.97 Å². The molecule has 0 unspecified atom stereocenters. The molecule has 1 N–H and O–H groups in total. The SMILES string of the molecule is Cc1ccccc1C(=O)OCC(=O)Nc1ccccc1Cl. The zero-order chi connectivity index (χ0) is 15.2. The van der Waals surface area contributed by atoms with Crippen LogP contribution < -0.4 is 5.32 Å². The highest BCUT2D eigenvalue weighted by Crippen LogP contribution is 2.20. The first-order valence-corrected chi connectivity index (χ1v) is 6.73. The fourth-order valence-corrected chi connectivity index (χ4v) is 1.94. The van der Waals surface area contributed by atoms with Crippen LogP contribution >= 0.6 is 11.6 Å². The Balaban J connectivity index is 1.91. The van der Waals surface area contributed by atoms with Crippen LogP contribution in [0.1, 0.15) is 15.9 Å². The number of benzene rings is 2. The van der Waals surface area contributed by atoms with E-state index >= 15 is 0 Å². The number of anilines is 1. The first kappa shape index (κ1) is 15.1. The van der Waals surface area contributed by atoms with Crippen LogP contribution in [0.2, 0.25) is 5.02 Å². The van der Waals surface area contributed by atoms with Gasteiger partial charge < -0.3 is 10.1 Å². The first-order chi connectivity index (χ1) is 10.1. The van der Waals surface area contributed by atoms with Gasteiger partial charge in [-0.2, -0.15) is 0 Å². The Kier molecular flexibility index (Phi) is 4.95. The van der Waals surface area contributed by atoms with Crippen molar-refractivity contribution in [2.24, 2.45) is 0 Å². The molecule has 0 saturated heterocycles. The third kappa shape index (κ3) is 4.07. The predicted octanol–water partition coefficient (Wildman–Crippen LogP) is 3.44. The monoisotopic (exact) mass is 303 g/mol. The average molecular weight is 304 g/mol. The molecule has 2 rings (SSSR count). The molecule has 0 aliphatic carbocycles. The first-order valence-electron chi connectivity index (χ1n) is 6.35. The Bertz CT molecular complexity index is 670. The van der Waals surface area contributed by atoms with E-state index in [0.717, 1.165) is 5.56 Å². The van der Waals surface area contributed by atoms with Crippen LogP contribution in [0.5, 0.6) is 0 Å². The molecular weight excluding hydrogens is 290 g/mol. The lowest BCUT2D eigenvalue weighted by Gasteiger charge is -2.08. The second-order valence-corrected chi connectivity index (χ2v) is 4.83. The molecule has 2 aromatic carbocycles. The Hall–Kier alpha value is -2.33. The van der Waals surface area contributed by atoms with E-state index in [0.29, 0.717) is 16.3 Å². The largest absolute Gasteiger partial charge is 0.452 e. The molecule has 1 amide bonds. The summed E-state index contributed by atoms with van der Waals surface area (Å²) in [6, 6.07) is 13.9. The standard InChI is InChI=1S/C16H14ClNO3/c1-11-6-2-3-7-12(11)16(20)21-10-15(19)18-14-9-5-4-8-13(14)17/h2-9H,10H2,1H3,(H,18,19). The highest BCUT2D eigenvalue weighted by Gasteiger charge is 2.12. The summed E-state index contributed by atoms with van der Waals surface area (Å²) in [4.78, 5) is 23.6. The van der Waals surface area contributed by atoms with Gasteiger partial charge in [0.25, 0.3) is 5.91 Å². The van der Waals surface area contributed by atoms with Crippen molar-refractivity contribution in [2.75, 3.05) is 11.9 Å². The van der Waals surface area contributed by atoms with Crippen molar-refractivity contribution < 1.29 is 14.3 Å². The molecule has 0 spiro atoms. The Morgan fingerprint density at radius 2 is 1.76 bits per heavy atom. The molecule has 0 aliphatic rings. The van der Waals surface area contributed by atoms with E-state index in [1.54, 1.807) is 49.4 Å². The van der Waals surface area contributed by atoms with Gasteiger partial charge in [-0.3, -0.25) is 4.79 Å². The van der Waals surface area contributed by atoms with E-state index in [1.807, 2.05) is 6.07 Å². The summed E-state index contributed by atoms with van der Waals surface area (Å²) >= 11 is 5.93. The van der Waals surface area contributed by atoms with Crippen LogP contribution in [-0.4, -0.2) is 18.5 Å². The Morgan fingerprint density at radius 3 is 2.48 bits per heavy atom. The Labute approximate surface area is 127 Å². The van der Waals surface area contributed by atoms with E-state index in [2.05, 4.69) is 5.32 Å². The fraction of sp³-hybridized carbons (Fsp3) is 0.125. The second kappa shape index (κ2) is 6.90. The molecule has 0 aromatic heterocycles. The number of para-hydroxylation sites is 1. The van der Waals surface area contributed by atoms with Crippen LogP contribution in [0.25, 0.3) is 0 Å². The minimum absolute atomic E-state index is 0.363. The van der Waals surface area contributed by atoms with Crippen LogP contribution in [0.4, 0.5) is 5.69 Å². The summed E-state index contributed by atoms with van der Waals surface area (Å²) < 4.78 is 4.99. The van der Waals surface area contributed by atoms with Crippen molar-refractivity contribution in [1.82, 2.24) is 0 Å². The lowest BCUT2D eigenvalue weighted by Crippen LogP contribution is -2.21. The van der Waals surface area contributed by atoms with Crippen molar-refractivity contribution in [1.29, 1.82) is 0 Å². The van der Waals surface area contributed by atoms with E-state index in [4.69, 9.17) is 16.3 Å². The van der Waals surface area contributed by atoms with Crippen molar-refractivity contribution in [3.05, 3.63) is 64.7 Å². The van der Waals surface area contributed by atoms with Gasteiger partial charge in [-0.1, -0.05) is 41.9 Å². The predicted molar refractivity (Wildman–Crippen MR) is 81.5 cm³/mol. The second-order valence-electron chi connectivity index (χ2n) is 4.42. The van der Waals surface area contributed by atoms with Crippen LogP contribution in [0, 0.1) is 6.92 Å². The summed E-state index contributed by atoms with van der Waals surface area (Å²) in [7, 11) is 0. The smallest absolute Gasteiger partial charge is 0.338 e. The lowest BCUT2D eigenvalue weighted by atomic mass is 10.1. The molecular formula is C16H14ClNO3. The van der Waals surface area contributed by atoms with Crippen molar-refractivity contribution in [2.45, 2.75) is 6.92 Å². The minimum Gasteiger partial charge on any atom is -0.452 e. The molecule has 5 heteroatoms. The highest BCUT2D eigenvalue weighted by molar-refractivity contribution is 6.33. The highest BCUT2D eigenvalue weighted by atomic mass is 35.5. The number of amides is 1. The zero-order valence-corrected chi connectivity index (χ0v) is 12.2. The van der Waals surface area contributed by atoms with Gasteiger partial charge in [0.2, 0.25) is 0 Å². The number of halogens is 1. The van der Waals surface area contributed by atoms with Gasteiger partial charge in [0.15, 0.2) is 6.61 Å². The maximum atomic E-state index is 11.9. The van der Waals surface area contributed by atoms with E-state index in [9.17, 15) is 9.59 Å². The number of rotatable bonds is 4. The van der Waals surface area contributed by atoms with Crippen molar-refractivity contribution in [3.8, 4) is 0 Å². The quantitative estimate of drug-likeness (QED) is 0.880. The van der Waals surface area contributed by atoms with Gasteiger partial charge in [-0.15, -0.1) is 0 Å². The zero-order valence-electron chi connectivity index (χ0n) is 11.4. The summed E-state index contributed by atoms with van der Waals surface area (Å²) in [5.74, 6) is -0.965. The van der Waals surface area contributed by atoms with Crippen molar-refractivity contribution in [3.63, 3.8) is 0 Å². The van der Waals surface area contributed by atoms with Gasteiger partial charge in [0, 0.05) is 0 Å². The topological polar surface area (TPSA) is 55.4 Å². The van der Waals surface area contributed by atoms with E-state index in [-0.39, 0.29) is 6.61 Å². The van der Waals surface area contributed by atoms with Gasteiger partial charge in [-0.25, -0.2) is 4.79 Å². The molecule has 0 aliphatic heterocycles. The number of carbonyl (C=O) groups is 2.